The van der Waals surface area contributed by atoms with E-state index in [2.05, 4.69) is 58.5 Å². The van der Waals surface area contributed by atoms with Crippen LogP contribution in [0.15, 0.2) is 36.9 Å². The van der Waals surface area contributed by atoms with Crippen molar-refractivity contribution >= 4 is 6.08 Å². The van der Waals surface area contributed by atoms with Gasteiger partial charge in [0.25, 0.3) is 0 Å². The second kappa shape index (κ2) is 5.16. The Balaban J connectivity index is 3.12. The van der Waals surface area contributed by atoms with Crippen LogP contribution in [0.2, 0.25) is 0 Å². The molecule has 0 fully saturated rings. The number of benzene rings is 1. The van der Waals surface area contributed by atoms with Gasteiger partial charge in [-0.3, -0.25) is 0 Å². The molecule has 0 N–H and O–H groups in total. The standard InChI is InChI=1S/C16H22/c1-6-7-11-15-13(2)9-8-10-14(15)12-16(3,4)5/h6-11H,1,12H2,2-5H3/b11-7-. The maximum atomic E-state index is 3.72. The molecule has 0 nitrogen and oxygen atoms in total. The van der Waals surface area contributed by atoms with Crippen LogP contribution in [0.5, 0.6) is 0 Å². The summed E-state index contributed by atoms with van der Waals surface area (Å²) in [5.41, 5.74) is 4.42. The number of rotatable bonds is 3. The first-order valence-corrected chi connectivity index (χ1v) is 5.81. The summed E-state index contributed by atoms with van der Waals surface area (Å²) in [6.07, 6.45) is 7.09. The van der Waals surface area contributed by atoms with E-state index in [1.807, 2.05) is 12.2 Å². The molecule has 1 aromatic carbocycles. The first kappa shape index (κ1) is 12.8. The Morgan fingerprint density at radius 2 is 1.94 bits per heavy atom. The van der Waals surface area contributed by atoms with Crippen molar-refractivity contribution in [1.82, 2.24) is 0 Å². The number of hydrogen-bond donors (Lipinski definition) is 0. The van der Waals surface area contributed by atoms with Crippen LogP contribution in [0.3, 0.4) is 0 Å². The molecule has 0 radical (unpaired) electrons. The SMILES string of the molecule is C=C/C=C\c1c(C)cccc1CC(C)(C)C. The molecule has 86 valence electrons. The normalized spacial score (nSPS) is 12.0. The highest BCUT2D eigenvalue weighted by Gasteiger charge is 2.13. The lowest BCUT2D eigenvalue weighted by molar-refractivity contribution is 0.411. The lowest BCUT2D eigenvalue weighted by Crippen LogP contribution is -2.10. The summed E-state index contributed by atoms with van der Waals surface area (Å²) in [6, 6.07) is 6.53. The minimum absolute atomic E-state index is 0.324. The fourth-order valence-electron chi connectivity index (χ4n) is 1.87. The molecular formula is C16H22. The molecule has 0 unspecified atom stereocenters. The van der Waals surface area contributed by atoms with Crippen LogP contribution in [0.1, 0.15) is 37.5 Å². The minimum atomic E-state index is 0.324. The van der Waals surface area contributed by atoms with Crippen LogP contribution in [-0.2, 0) is 6.42 Å². The molecule has 0 aliphatic rings. The third-order valence-corrected chi connectivity index (χ3v) is 2.53. The molecule has 0 aliphatic heterocycles. The van der Waals surface area contributed by atoms with Crippen molar-refractivity contribution in [3.8, 4) is 0 Å². The van der Waals surface area contributed by atoms with Gasteiger partial charge in [0.2, 0.25) is 0 Å². The van der Waals surface area contributed by atoms with Crippen LogP contribution >= 0.6 is 0 Å². The lowest BCUT2D eigenvalue weighted by Gasteiger charge is -2.20. The van der Waals surface area contributed by atoms with Crippen LogP contribution in [0.25, 0.3) is 6.08 Å². The van der Waals surface area contributed by atoms with E-state index in [9.17, 15) is 0 Å². The van der Waals surface area contributed by atoms with Gasteiger partial charge in [-0.1, -0.05) is 63.8 Å². The van der Waals surface area contributed by atoms with E-state index in [0.717, 1.165) is 6.42 Å². The second-order valence-electron chi connectivity index (χ2n) is 5.48. The summed E-state index contributed by atoms with van der Waals surface area (Å²) in [5.74, 6) is 0. The van der Waals surface area contributed by atoms with E-state index in [-0.39, 0.29) is 0 Å². The van der Waals surface area contributed by atoms with Crippen molar-refractivity contribution in [2.75, 3.05) is 0 Å². The average molecular weight is 214 g/mol. The Morgan fingerprint density at radius 3 is 2.50 bits per heavy atom. The van der Waals surface area contributed by atoms with Crippen LogP contribution < -0.4 is 0 Å². The monoisotopic (exact) mass is 214 g/mol. The fraction of sp³-hybridized carbons (Fsp3) is 0.375. The quantitative estimate of drug-likeness (QED) is 0.635. The zero-order valence-corrected chi connectivity index (χ0v) is 10.9. The Morgan fingerprint density at radius 1 is 1.25 bits per heavy atom. The van der Waals surface area contributed by atoms with Crippen LogP contribution in [0, 0.1) is 12.3 Å². The molecule has 0 atom stereocenters. The van der Waals surface area contributed by atoms with E-state index < -0.39 is 0 Å². The Labute approximate surface area is 99.7 Å². The smallest absolute Gasteiger partial charge is 0.0195 e. The maximum Gasteiger partial charge on any atom is -0.0195 e. The van der Waals surface area contributed by atoms with Crippen molar-refractivity contribution < 1.29 is 0 Å². The Kier molecular flexibility index (Phi) is 4.12. The molecule has 0 saturated carbocycles. The summed E-state index contributed by atoms with van der Waals surface area (Å²) in [7, 11) is 0. The third kappa shape index (κ3) is 3.69. The van der Waals surface area contributed by atoms with Crippen molar-refractivity contribution in [2.24, 2.45) is 5.41 Å². The molecule has 0 aliphatic carbocycles. The lowest BCUT2D eigenvalue weighted by atomic mass is 9.85. The average Bonchev–Trinajstić information content (AvgIpc) is 2.14. The van der Waals surface area contributed by atoms with Gasteiger partial charge in [-0.25, -0.2) is 0 Å². The van der Waals surface area contributed by atoms with Gasteiger partial charge in [0, 0.05) is 0 Å². The molecule has 0 heterocycles. The molecular weight excluding hydrogens is 192 g/mol. The predicted octanol–water partition coefficient (Wildman–Crippen LogP) is 4.78. The van der Waals surface area contributed by atoms with Gasteiger partial charge in [0.05, 0.1) is 0 Å². The van der Waals surface area contributed by atoms with Crippen LogP contribution in [0.4, 0.5) is 0 Å². The van der Waals surface area contributed by atoms with E-state index >= 15 is 0 Å². The second-order valence-corrected chi connectivity index (χ2v) is 5.48. The molecule has 0 spiro atoms. The zero-order chi connectivity index (χ0) is 12.2. The molecule has 0 aromatic heterocycles. The molecule has 0 heteroatoms. The molecule has 0 saturated heterocycles. The highest BCUT2D eigenvalue weighted by molar-refractivity contribution is 5.59. The van der Waals surface area contributed by atoms with Gasteiger partial charge >= 0.3 is 0 Å². The highest BCUT2D eigenvalue weighted by atomic mass is 14.2. The van der Waals surface area contributed by atoms with Gasteiger partial charge in [-0.2, -0.15) is 0 Å². The first-order valence-electron chi connectivity index (χ1n) is 5.81. The highest BCUT2D eigenvalue weighted by Crippen LogP contribution is 2.25. The fourth-order valence-corrected chi connectivity index (χ4v) is 1.87. The van der Waals surface area contributed by atoms with E-state index in [1.54, 1.807) is 0 Å². The molecule has 1 aromatic rings. The third-order valence-electron chi connectivity index (χ3n) is 2.53. The molecule has 1 rings (SSSR count). The number of aryl methyl sites for hydroxylation is 1. The van der Waals surface area contributed by atoms with Crippen molar-refractivity contribution in [2.45, 2.75) is 34.1 Å². The largest absolute Gasteiger partial charge is 0.0991 e. The topological polar surface area (TPSA) is 0 Å². The van der Waals surface area contributed by atoms with E-state index in [0.29, 0.717) is 5.41 Å². The van der Waals surface area contributed by atoms with Crippen molar-refractivity contribution in [3.63, 3.8) is 0 Å². The van der Waals surface area contributed by atoms with Gasteiger partial charge < -0.3 is 0 Å². The predicted molar refractivity (Wildman–Crippen MR) is 73.6 cm³/mol. The summed E-state index contributed by atoms with van der Waals surface area (Å²) < 4.78 is 0. The summed E-state index contributed by atoms with van der Waals surface area (Å²) in [6.45, 7) is 12.7. The van der Waals surface area contributed by atoms with E-state index in [1.165, 1.54) is 16.7 Å². The van der Waals surface area contributed by atoms with E-state index in [4.69, 9.17) is 0 Å². The van der Waals surface area contributed by atoms with Crippen molar-refractivity contribution in [1.29, 1.82) is 0 Å². The maximum absolute atomic E-state index is 3.72. The minimum Gasteiger partial charge on any atom is -0.0991 e. The van der Waals surface area contributed by atoms with Crippen molar-refractivity contribution in [3.05, 3.63) is 53.6 Å². The Bertz CT molecular complexity index is 389. The Hall–Kier alpha value is -1.30. The van der Waals surface area contributed by atoms with Gasteiger partial charge in [-0.15, -0.1) is 0 Å². The van der Waals surface area contributed by atoms with Gasteiger partial charge in [-0.05, 0) is 35.4 Å². The number of hydrogen-bond acceptors (Lipinski definition) is 0. The molecule has 16 heavy (non-hydrogen) atoms. The first-order chi connectivity index (χ1) is 7.44. The van der Waals surface area contributed by atoms with Gasteiger partial charge in [0.15, 0.2) is 0 Å². The molecule has 0 bridgehead atoms. The van der Waals surface area contributed by atoms with Crippen LogP contribution in [-0.4, -0.2) is 0 Å². The summed E-state index contributed by atoms with van der Waals surface area (Å²) in [5, 5.41) is 0. The number of allylic oxidation sites excluding steroid dienone is 2. The summed E-state index contributed by atoms with van der Waals surface area (Å²) >= 11 is 0. The zero-order valence-electron chi connectivity index (χ0n) is 10.9. The molecule has 0 amide bonds. The van der Waals surface area contributed by atoms with Gasteiger partial charge in [0.1, 0.15) is 0 Å². The summed E-state index contributed by atoms with van der Waals surface area (Å²) in [4.78, 5) is 0.